The normalized spacial score (nSPS) is 13.6. The molecule has 0 aliphatic rings. The molecular weight excluding hydrogens is 192 g/mol. The molecule has 6 heteroatoms. The van der Waals surface area contributed by atoms with Crippen molar-refractivity contribution < 1.29 is 13.9 Å². The lowest BCUT2D eigenvalue weighted by Crippen LogP contribution is -2.38. The van der Waals surface area contributed by atoms with E-state index in [0.29, 0.717) is 0 Å². The third-order valence-electron chi connectivity index (χ3n) is 1.88. The lowest BCUT2D eigenvalue weighted by atomic mass is 10.1. The second kappa shape index (κ2) is 6.67. The average Bonchev–Trinajstić information content (AvgIpc) is 2.02. The zero-order chi connectivity index (χ0) is 11.1. The van der Waals surface area contributed by atoms with Crippen LogP contribution in [-0.4, -0.2) is 48.5 Å². The third kappa shape index (κ3) is 5.82. The van der Waals surface area contributed by atoms with Crippen LogP contribution in [0.25, 0.3) is 0 Å². The summed E-state index contributed by atoms with van der Waals surface area (Å²) in [6, 6.07) is 0. The minimum atomic E-state index is -2.43. The molecule has 0 aromatic heterocycles. The van der Waals surface area contributed by atoms with E-state index >= 15 is 0 Å². The summed E-state index contributed by atoms with van der Waals surface area (Å²) in [5, 5.41) is 15.7. The third-order valence-corrected chi connectivity index (χ3v) is 1.88. The van der Waals surface area contributed by atoms with E-state index < -0.39 is 13.0 Å². The van der Waals surface area contributed by atoms with Gasteiger partial charge in [0.25, 0.3) is 6.43 Å². The SMILES string of the molecule is CC(CN(CCO)CC(F)F)C(=N)N. The summed E-state index contributed by atoms with van der Waals surface area (Å²) in [6.45, 7) is 1.59. The van der Waals surface area contributed by atoms with Crippen LogP contribution in [0.4, 0.5) is 8.78 Å². The number of rotatable bonds is 7. The highest BCUT2D eigenvalue weighted by Gasteiger charge is 2.15. The van der Waals surface area contributed by atoms with Gasteiger partial charge in [0.15, 0.2) is 0 Å². The van der Waals surface area contributed by atoms with Gasteiger partial charge in [-0.1, -0.05) is 6.92 Å². The van der Waals surface area contributed by atoms with Crippen molar-refractivity contribution >= 4 is 5.84 Å². The topological polar surface area (TPSA) is 73.3 Å². The largest absolute Gasteiger partial charge is 0.395 e. The van der Waals surface area contributed by atoms with Gasteiger partial charge >= 0.3 is 0 Å². The summed E-state index contributed by atoms with van der Waals surface area (Å²) in [7, 11) is 0. The first-order valence-electron chi connectivity index (χ1n) is 4.42. The monoisotopic (exact) mass is 209 g/mol. The molecule has 4 N–H and O–H groups in total. The minimum absolute atomic E-state index is 0.0257. The molecule has 1 unspecified atom stereocenters. The first kappa shape index (κ1) is 13.2. The van der Waals surface area contributed by atoms with Gasteiger partial charge in [-0.3, -0.25) is 10.3 Å². The molecular formula is C8H17F2N3O. The number of halogens is 2. The van der Waals surface area contributed by atoms with E-state index in [1.165, 1.54) is 4.90 Å². The Morgan fingerprint density at radius 1 is 1.50 bits per heavy atom. The second-order valence-corrected chi connectivity index (χ2v) is 3.23. The molecule has 0 aromatic carbocycles. The summed E-state index contributed by atoms with van der Waals surface area (Å²) >= 11 is 0. The molecule has 0 heterocycles. The summed E-state index contributed by atoms with van der Waals surface area (Å²) in [5.74, 6) is -0.289. The summed E-state index contributed by atoms with van der Waals surface area (Å²) in [6.07, 6.45) is -2.43. The predicted octanol–water partition coefficient (Wildman–Crippen LogP) is 0.118. The van der Waals surface area contributed by atoms with E-state index in [1.807, 2.05) is 0 Å². The molecule has 0 amide bonds. The molecule has 1 atom stereocenters. The Hall–Kier alpha value is -0.750. The van der Waals surface area contributed by atoms with Crippen LogP contribution in [0.3, 0.4) is 0 Å². The van der Waals surface area contributed by atoms with Gasteiger partial charge in [0, 0.05) is 19.0 Å². The average molecular weight is 209 g/mol. The summed E-state index contributed by atoms with van der Waals surface area (Å²) < 4.78 is 24.1. The Morgan fingerprint density at radius 2 is 2.07 bits per heavy atom. The van der Waals surface area contributed by atoms with Crippen LogP contribution in [0, 0.1) is 11.3 Å². The number of aliphatic hydroxyl groups is 1. The number of hydrogen-bond acceptors (Lipinski definition) is 3. The van der Waals surface area contributed by atoms with E-state index in [4.69, 9.17) is 16.2 Å². The van der Waals surface area contributed by atoms with Crippen LogP contribution in [-0.2, 0) is 0 Å². The first-order valence-corrected chi connectivity index (χ1v) is 4.42. The van der Waals surface area contributed by atoms with Crippen molar-refractivity contribution in [1.29, 1.82) is 5.41 Å². The van der Waals surface area contributed by atoms with Crippen LogP contribution in [0.2, 0.25) is 0 Å². The molecule has 84 valence electrons. The number of nitrogens with one attached hydrogen (secondary N) is 1. The summed E-state index contributed by atoms with van der Waals surface area (Å²) in [4.78, 5) is 1.40. The zero-order valence-corrected chi connectivity index (χ0v) is 8.21. The van der Waals surface area contributed by atoms with Gasteiger partial charge in [-0.2, -0.15) is 0 Å². The summed E-state index contributed by atoms with van der Waals surface area (Å²) in [5.41, 5.74) is 5.22. The molecule has 14 heavy (non-hydrogen) atoms. The standard InChI is InChI=1S/C8H17F2N3O/c1-6(8(11)12)4-13(2-3-14)5-7(9)10/h6-7,14H,2-5H2,1H3,(H3,11,12). The molecule has 0 rings (SSSR count). The van der Waals surface area contributed by atoms with Crippen molar-refractivity contribution in [2.75, 3.05) is 26.2 Å². The van der Waals surface area contributed by atoms with Crippen LogP contribution in [0.15, 0.2) is 0 Å². The maximum absolute atomic E-state index is 12.1. The molecule has 0 fully saturated rings. The molecule has 0 saturated carbocycles. The van der Waals surface area contributed by atoms with Crippen LogP contribution >= 0.6 is 0 Å². The zero-order valence-electron chi connectivity index (χ0n) is 8.21. The fraction of sp³-hybridized carbons (Fsp3) is 0.875. The van der Waals surface area contributed by atoms with E-state index in [9.17, 15) is 8.78 Å². The van der Waals surface area contributed by atoms with Crippen molar-refractivity contribution in [2.45, 2.75) is 13.3 Å². The lowest BCUT2D eigenvalue weighted by Gasteiger charge is -2.23. The van der Waals surface area contributed by atoms with Gasteiger partial charge in [-0.05, 0) is 0 Å². The maximum Gasteiger partial charge on any atom is 0.251 e. The minimum Gasteiger partial charge on any atom is -0.395 e. The molecule has 0 aliphatic carbocycles. The highest BCUT2D eigenvalue weighted by Crippen LogP contribution is 2.03. The van der Waals surface area contributed by atoms with Gasteiger partial charge in [0.2, 0.25) is 0 Å². The highest BCUT2D eigenvalue weighted by molar-refractivity contribution is 5.79. The molecule has 0 saturated heterocycles. The number of alkyl halides is 2. The van der Waals surface area contributed by atoms with Crippen molar-refractivity contribution in [3.63, 3.8) is 0 Å². The van der Waals surface area contributed by atoms with E-state index in [1.54, 1.807) is 6.92 Å². The molecule has 0 radical (unpaired) electrons. The Balaban J connectivity index is 4.01. The maximum atomic E-state index is 12.1. The van der Waals surface area contributed by atoms with Gasteiger partial charge in [0.05, 0.1) is 19.0 Å². The van der Waals surface area contributed by atoms with Crippen molar-refractivity contribution in [2.24, 2.45) is 11.7 Å². The van der Waals surface area contributed by atoms with E-state index in [0.717, 1.165) is 0 Å². The van der Waals surface area contributed by atoms with Crippen LogP contribution in [0.5, 0.6) is 0 Å². The van der Waals surface area contributed by atoms with Gasteiger partial charge < -0.3 is 10.8 Å². The Labute approximate surface area is 82.2 Å². The van der Waals surface area contributed by atoms with Crippen LogP contribution in [0.1, 0.15) is 6.92 Å². The Bertz CT molecular complexity index is 178. The van der Waals surface area contributed by atoms with Gasteiger partial charge in [0.1, 0.15) is 0 Å². The van der Waals surface area contributed by atoms with Crippen molar-refractivity contribution in [3.8, 4) is 0 Å². The van der Waals surface area contributed by atoms with Gasteiger partial charge in [-0.25, -0.2) is 8.78 Å². The number of amidine groups is 1. The number of nitrogens with two attached hydrogens (primary N) is 1. The van der Waals surface area contributed by atoms with Gasteiger partial charge in [-0.15, -0.1) is 0 Å². The highest BCUT2D eigenvalue weighted by atomic mass is 19.3. The van der Waals surface area contributed by atoms with Crippen LogP contribution < -0.4 is 5.73 Å². The molecule has 0 spiro atoms. The Morgan fingerprint density at radius 3 is 2.43 bits per heavy atom. The van der Waals surface area contributed by atoms with Crippen molar-refractivity contribution in [3.05, 3.63) is 0 Å². The number of hydrogen-bond donors (Lipinski definition) is 3. The lowest BCUT2D eigenvalue weighted by molar-refractivity contribution is 0.0751. The number of aliphatic hydroxyl groups excluding tert-OH is 1. The quantitative estimate of drug-likeness (QED) is 0.412. The Kier molecular flexibility index (Phi) is 6.31. The second-order valence-electron chi connectivity index (χ2n) is 3.23. The van der Waals surface area contributed by atoms with Crippen molar-refractivity contribution in [1.82, 2.24) is 4.90 Å². The predicted molar refractivity (Wildman–Crippen MR) is 50.6 cm³/mol. The molecule has 0 aromatic rings. The number of nitrogens with zero attached hydrogens (tertiary/aromatic N) is 1. The van der Waals surface area contributed by atoms with E-state index in [-0.39, 0.29) is 31.4 Å². The fourth-order valence-electron chi connectivity index (χ4n) is 1.08. The molecule has 4 nitrogen and oxygen atoms in total. The first-order chi connectivity index (χ1) is 6.47. The molecule has 0 bridgehead atoms. The van der Waals surface area contributed by atoms with E-state index in [2.05, 4.69) is 0 Å². The molecule has 0 aliphatic heterocycles. The fourth-order valence-corrected chi connectivity index (χ4v) is 1.08. The smallest absolute Gasteiger partial charge is 0.251 e.